The minimum Gasteiger partial charge on any atom is -0.466 e. The molecule has 1 heterocycles. The number of halogens is 1. The highest BCUT2D eigenvalue weighted by atomic mass is 32.2. The van der Waals surface area contributed by atoms with E-state index in [0.717, 1.165) is 12.1 Å². The van der Waals surface area contributed by atoms with Crippen molar-refractivity contribution in [1.82, 2.24) is 0 Å². The number of allylic oxidation sites excluding steroid dienone is 1. The van der Waals surface area contributed by atoms with Crippen LogP contribution in [-0.2, 0) is 19.4 Å². The number of ether oxygens (including phenoxy) is 1. The van der Waals surface area contributed by atoms with Crippen LogP contribution in [0.3, 0.4) is 0 Å². The van der Waals surface area contributed by atoms with E-state index in [1.165, 1.54) is 19.3 Å². The van der Waals surface area contributed by atoms with E-state index >= 15 is 0 Å². The number of benzene rings is 1. The van der Waals surface area contributed by atoms with Crippen LogP contribution >= 0.6 is 0 Å². The second-order valence-corrected chi connectivity index (χ2v) is 5.98. The maximum absolute atomic E-state index is 13.2. The van der Waals surface area contributed by atoms with Gasteiger partial charge in [0.05, 0.1) is 17.8 Å². The molecule has 1 aliphatic rings. The van der Waals surface area contributed by atoms with Gasteiger partial charge >= 0.3 is 5.97 Å². The van der Waals surface area contributed by atoms with E-state index in [1.807, 2.05) is 0 Å². The standard InChI is InChI=1S/C12H11FO4S/c1-17-12(14)6-8-4-5-18(15,16)11-3-2-9(13)7-10(8)11/h2-3,6-7H,4-5H2,1H3/b8-6+. The molecular formula is C12H11FO4S. The lowest BCUT2D eigenvalue weighted by Gasteiger charge is -2.19. The molecule has 0 radical (unpaired) electrons. The van der Waals surface area contributed by atoms with Gasteiger partial charge < -0.3 is 4.74 Å². The van der Waals surface area contributed by atoms with Gasteiger partial charge in [-0.1, -0.05) is 0 Å². The van der Waals surface area contributed by atoms with Gasteiger partial charge in [-0.3, -0.25) is 0 Å². The van der Waals surface area contributed by atoms with Crippen LogP contribution in [0.25, 0.3) is 5.57 Å². The zero-order chi connectivity index (χ0) is 13.3. The Bertz CT molecular complexity index is 631. The second-order valence-electron chi connectivity index (χ2n) is 3.90. The topological polar surface area (TPSA) is 60.4 Å². The van der Waals surface area contributed by atoms with Crippen molar-refractivity contribution >= 4 is 21.4 Å². The minimum atomic E-state index is -3.39. The predicted octanol–water partition coefficient (Wildman–Crippen LogP) is 1.56. The van der Waals surface area contributed by atoms with Crippen molar-refractivity contribution in [3.63, 3.8) is 0 Å². The molecule has 4 nitrogen and oxygen atoms in total. The van der Waals surface area contributed by atoms with Gasteiger partial charge in [0.1, 0.15) is 5.82 Å². The fraction of sp³-hybridized carbons (Fsp3) is 0.250. The Morgan fingerprint density at radius 1 is 1.44 bits per heavy atom. The van der Waals surface area contributed by atoms with Gasteiger partial charge in [-0.2, -0.15) is 0 Å². The maximum atomic E-state index is 13.2. The van der Waals surface area contributed by atoms with Gasteiger partial charge in [0.2, 0.25) is 0 Å². The number of esters is 1. The monoisotopic (exact) mass is 270 g/mol. The van der Waals surface area contributed by atoms with Crippen LogP contribution in [0, 0.1) is 5.82 Å². The van der Waals surface area contributed by atoms with Gasteiger partial charge in [-0.25, -0.2) is 17.6 Å². The Labute approximate surface area is 104 Å². The third-order valence-electron chi connectivity index (χ3n) is 2.76. The fourth-order valence-electron chi connectivity index (χ4n) is 1.86. The molecule has 6 heteroatoms. The Kier molecular flexibility index (Phi) is 3.21. The first-order valence-electron chi connectivity index (χ1n) is 5.25. The van der Waals surface area contributed by atoms with Crippen molar-refractivity contribution in [3.05, 3.63) is 35.7 Å². The molecule has 1 aromatic carbocycles. The summed E-state index contributed by atoms with van der Waals surface area (Å²) in [6, 6.07) is 3.45. The molecule has 1 aliphatic heterocycles. The van der Waals surface area contributed by atoms with Crippen LogP contribution < -0.4 is 0 Å². The number of fused-ring (bicyclic) bond motifs is 1. The summed E-state index contributed by atoms with van der Waals surface area (Å²) in [5.41, 5.74) is 0.720. The van der Waals surface area contributed by atoms with Gasteiger partial charge in [0.15, 0.2) is 9.84 Å². The number of hydrogen-bond acceptors (Lipinski definition) is 4. The highest BCUT2D eigenvalue weighted by Gasteiger charge is 2.27. The van der Waals surface area contributed by atoms with E-state index < -0.39 is 21.6 Å². The van der Waals surface area contributed by atoms with Crippen molar-refractivity contribution in [2.45, 2.75) is 11.3 Å². The molecule has 0 saturated carbocycles. The van der Waals surface area contributed by atoms with Crippen molar-refractivity contribution in [2.24, 2.45) is 0 Å². The third kappa shape index (κ3) is 2.28. The highest BCUT2D eigenvalue weighted by Crippen LogP contribution is 2.33. The van der Waals surface area contributed by atoms with E-state index in [0.29, 0.717) is 5.57 Å². The van der Waals surface area contributed by atoms with Gasteiger partial charge in [0.25, 0.3) is 0 Å². The van der Waals surface area contributed by atoms with Crippen LogP contribution in [0.1, 0.15) is 12.0 Å². The van der Waals surface area contributed by atoms with Crippen molar-refractivity contribution in [2.75, 3.05) is 12.9 Å². The Morgan fingerprint density at radius 3 is 2.83 bits per heavy atom. The van der Waals surface area contributed by atoms with Crippen LogP contribution in [0.15, 0.2) is 29.2 Å². The highest BCUT2D eigenvalue weighted by molar-refractivity contribution is 7.91. The quantitative estimate of drug-likeness (QED) is 0.441. The maximum Gasteiger partial charge on any atom is 0.330 e. The smallest absolute Gasteiger partial charge is 0.330 e. The van der Waals surface area contributed by atoms with Gasteiger partial charge in [-0.05, 0) is 35.8 Å². The first-order valence-corrected chi connectivity index (χ1v) is 6.90. The van der Waals surface area contributed by atoms with Crippen molar-refractivity contribution < 1.29 is 22.3 Å². The van der Waals surface area contributed by atoms with E-state index in [-0.39, 0.29) is 22.6 Å². The van der Waals surface area contributed by atoms with E-state index in [2.05, 4.69) is 4.74 Å². The number of carbonyl (C=O) groups is 1. The zero-order valence-corrected chi connectivity index (χ0v) is 10.5. The first kappa shape index (κ1) is 12.8. The lowest BCUT2D eigenvalue weighted by Crippen LogP contribution is -2.16. The normalized spacial score (nSPS) is 19.3. The summed E-state index contributed by atoms with van der Waals surface area (Å²) in [7, 11) is -2.17. The molecule has 0 unspecified atom stereocenters. The Hall–Kier alpha value is -1.69. The largest absolute Gasteiger partial charge is 0.466 e. The lowest BCUT2D eigenvalue weighted by molar-refractivity contribution is -0.134. The molecule has 0 aromatic heterocycles. The van der Waals surface area contributed by atoms with E-state index in [9.17, 15) is 17.6 Å². The van der Waals surface area contributed by atoms with Crippen molar-refractivity contribution in [1.29, 1.82) is 0 Å². The van der Waals surface area contributed by atoms with E-state index in [1.54, 1.807) is 0 Å². The first-order chi connectivity index (χ1) is 8.44. The van der Waals surface area contributed by atoms with Crippen LogP contribution in [0.2, 0.25) is 0 Å². The fourth-order valence-corrected chi connectivity index (χ4v) is 3.37. The van der Waals surface area contributed by atoms with Gasteiger partial charge in [-0.15, -0.1) is 0 Å². The third-order valence-corrected chi connectivity index (χ3v) is 4.52. The molecule has 0 spiro atoms. The lowest BCUT2D eigenvalue weighted by atomic mass is 10.0. The molecule has 18 heavy (non-hydrogen) atoms. The second kappa shape index (κ2) is 4.53. The number of sulfone groups is 1. The molecule has 0 saturated heterocycles. The average molecular weight is 270 g/mol. The summed E-state index contributed by atoms with van der Waals surface area (Å²) in [5, 5.41) is 0. The average Bonchev–Trinajstić information content (AvgIpc) is 2.32. The SMILES string of the molecule is COC(=O)/C=C1\CCS(=O)(=O)c2ccc(F)cc21. The summed E-state index contributed by atoms with van der Waals surface area (Å²) in [4.78, 5) is 11.3. The number of carbonyl (C=O) groups excluding carboxylic acids is 1. The summed E-state index contributed by atoms with van der Waals surface area (Å²) in [6.07, 6.45) is 1.38. The molecule has 2 rings (SSSR count). The van der Waals surface area contributed by atoms with Crippen LogP contribution in [0.4, 0.5) is 4.39 Å². The molecule has 0 aliphatic carbocycles. The molecular weight excluding hydrogens is 259 g/mol. The predicted molar refractivity (Wildman–Crippen MR) is 63.1 cm³/mol. The number of rotatable bonds is 1. The summed E-state index contributed by atoms with van der Waals surface area (Å²) in [6.45, 7) is 0. The van der Waals surface area contributed by atoms with Crippen molar-refractivity contribution in [3.8, 4) is 0 Å². The molecule has 0 fully saturated rings. The Morgan fingerprint density at radius 2 is 2.17 bits per heavy atom. The molecule has 0 atom stereocenters. The summed E-state index contributed by atoms with van der Waals surface area (Å²) < 4.78 is 41.3. The van der Waals surface area contributed by atoms with Crippen LogP contribution in [-0.4, -0.2) is 27.2 Å². The minimum absolute atomic E-state index is 0.0605. The van der Waals surface area contributed by atoms with E-state index in [4.69, 9.17) is 0 Å². The summed E-state index contributed by atoms with van der Waals surface area (Å²) in [5.74, 6) is -1.21. The molecule has 1 aromatic rings. The van der Waals surface area contributed by atoms with Gasteiger partial charge in [0, 0.05) is 6.08 Å². The molecule has 0 N–H and O–H groups in total. The molecule has 0 bridgehead atoms. The molecule has 96 valence electrons. The number of methoxy groups -OCH3 is 1. The Balaban J connectivity index is 2.62. The molecule has 0 amide bonds. The summed E-state index contributed by atoms with van der Waals surface area (Å²) >= 11 is 0. The zero-order valence-electron chi connectivity index (χ0n) is 9.64. The van der Waals surface area contributed by atoms with Crippen LogP contribution in [0.5, 0.6) is 0 Å². The number of hydrogen-bond donors (Lipinski definition) is 0.